The predicted molar refractivity (Wildman–Crippen MR) is 117 cm³/mol. The summed E-state index contributed by atoms with van der Waals surface area (Å²) in [6.45, 7) is 1.56. The number of fused-ring (bicyclic) bond motifs is 5. The number of ether oxygens (including phenoxy) is 4. The Morgan fingerprint density at radius 3 is 2.74 bits per heavy atom. The molecule has 2 aliphatic rings. The first-order valence-electron chi connectivity index (χ1n) is 10.8. The first kappa shape index (κ1) is 22.4. The van der Waals surface area contributed by atoms with Crippen LogP contribution in [0.2, 0.25) is 0 Å². The highest BCUT2D eigenvalue weighted by Crippen LogP contribution is 2.41. The summed E-state index contributed by atoms with van der Waals surface area (Å²) in [6.07, 6.45) is 5.40. The van der Waals surface area contributed by atoms with Gasteiger partial charge in [0.1, 0.15) is 25.4 Å². The average molecular weight is 527 g/mol. The zero-order valence-corrected chi connectivity index (χ0v) is 20.1. The van der Waals surface area contributed by atoms with E-state index in [-0.39, 0.29) is 30.4 Å². The Bertz CT molecular complexity index is 1350. The molecule has 2 aromatic carbocycles. The van der Waals surface area contributed by atoms with Crippen molar-refractivity contribution in [2.75, 3.05) is 20.5 Å². The zero-order chi connectivity index (χ0) is 22.4. The minimum absolute atomic E-state index is 0. The Morgan fingerprint density at radius 2 is 1.94 bits per heavy atom. The second kappa shape index (κ2) is 9.11. The van der Waals surface area contributed by atoms with Gasteiger partial charge in [0.25, 0.3) is 0 Å². The van der Waals surface area contributed by atoms with Crippen LogP contribution in [0.3, 0.4) is 0 Å². The van der Waals surface area contributed by atoms with E-state index < -0.39 is 6.10 Å². The van der Waals surface area contributed by atoms with Gasteiger partial charge in [-0.3, -0.25) is 0 Å². The molecule has 4 heterocycles. The monoisotopic (exact) mass is 526 g/mol. The van der Waals surface area contributed by atoms with Gasteiger partial charge in [-0.15, -0.1) is 10.2 Å². The van der Waals surface area contributed by atoms with Crippen LogP contribution in [0.25, 0.3) is 22.0 Å². The Balaban J connectivity index is 0.00000241. The molecule has 4 aromatic rings. The third kappa shape index (κ3) is 3.92. The fourth-order valence-electron chi connectivity index (χ4n) is 4.50. The van der Waals surface area contributed by atoms with Gasteiger partial charge in [-0.05, 0) is 35.2 Å². The second-order valence-electron chi connectivity index (χ2n) is 8.19. The van der Waals surface area contributed by atoms with Crippen molar-refractivity contribution in [2.24, 2.45) is 0 Å². The van der Waals surface area contributed by atoms with E-state index in [1.54, 1.807) is 24.3 Å². The summed E-state index contributed by atoms with van der Waals surface area (Å²) in [5, 5.41) is 19.9. The summed E-state index contributed by atoms with van der Waals surface area (Å²) in [6, 6.07) is 10.2. The van der Waals surface area contributed by atoms with Gasteiger partial charge in [-0.25, -0.2) is 0 Å². The lowest BCUT2D eigenvalue weighted by molar-refractivity contribution is -0.686. The highest BCUT2D eigenvalue weighted by Gasteiger charge is 2.28. The van der Waals surface area contributed by atoms with Crippen LogP contribution in [0.1, 0.15) is 5.56 Å². The van der Waals surface area contributed by atoms with Gasteiger partial charge in [0.05, 0.1) is 24.6 Å². The molecule has 0 saturated carbocycles. The molecule has 34 heavy (non-hydrogen) atoms. The molecular formula is C24H23BrN4O5. The molecule has 9 nitrogen and oxygen atoms in total. The molecule has 0 spiro atoms. The van der Waals surface area contributed by atoms with E-state index in [2.05, 4.69) is 39.2 Å². The van der Waals surface area contributed by atoms with E-state index >= 15 is 0 Å². The summed E-state index contributed by atoms with van der Waals surface area (Å²) in [4.78, 5) is 0. The summed E-state index contributed by atoms with van der Waals surface area (Å²) in [5.74, 6) is 2.83. The van der Waals surface area contributed by atoms with Crippen LogP contribution in [-0.4, -0.2) is 46.5 Å². The SMILES string of the molecule is COc1ccc2cc3[n+](cc2c1OCC(O)Cn1cnnc1)CCc1cc2c(cc1-3)OCO2.[Br-]. The fraction of sp³-hybridized carbons (Fsp3) is 0.292. The third-order valence-corrected chi connectivity index (χ3v) is 6.10. The number of benzene rings is 2. The lowest BCUT2D eigenvalue weighted by Crippen LogP contribution is -3.00. The quantitative estimate of drug-likeness (QED) is 0.326. The maximum atomic E-state index is 10.4. The van der Waals surface area contributed by atoms with Crippen LogP contribution in [-0.2, 0) is 19.5 Å². The number of hydrogen-bond donors (Lipinski definition) is 1. The Labute approximate surface area is 206 Å². The molecule has 1 unspecified atom stereocenters. The highest BCUT2D eigenvalue weighted by atomic mass is 79.9. The fourth-order valence-corrected chi connectivity index (χ4v) is 4.50. The number of aryl methyl sites for hydroxylation is 2. The minimum Gasteiger partial charge on any atom is -1.00 e. The molecule has 6 rings (SSSR count). The molecular weight excluding hydrogens is 504 g/mol. The van der Waals surface area contributed by atoms with E-state index in [9.17, 15) is 5.11 Å². The van der Waals surface area contributed by atoms with E-state index in [0.29, 0.717) is 18.0 Å². The number of halogens is 1. The van der Waals surface area contributed by atoms with Crippen molar-refractivity contribution >= 4 is 10.8 Å². The molecule has 2 aromatic heterocycles. The predicted octanol–water partition coefficient (Wildman–Crippen LogP) is -0.877. The van der Waals surface area contributed by atoms with Gasteiger partial charge in [-0.1, -0.05) is 0 Å². The normalized spacial score (nSPS) is 14.2. The van der Waals surface area contributed by atoms with Gasteiger partial charge in [0.15, 0.2) is 35.7 Å². The van der Waals surface area contributed by atoms with Crippen molar-refractivity contribution in [1.82, 2.24) is 14.8 Å². The number of rotatable bonds is 6. The van der Waals surface area contributed by atoms with Gasteiger partial charge < -0.3 is 45.6 Å². The van der Waals surface area contributed by atoms with E-state index in [1.165, 1.54) is 5.56 Å². The highest BCUT2D eigenvalue weighted by molar-refractivity contribution is 5.91. The Hall–Kier alpha value is -3.37. The molecule has 1 N–H and O–H groups in total. The first-order valence-corrected chi connectivity index (χ1v) is 10.8. The first-order chi connectivity index (χ1) is 16.2. The largest absolute Gasteiger partial charge is 1.00 e. The number of nitrogens with zero attached hydrogens (tertiary/aromatic N) is 4. The smallest absolute Gasteiger partial charge is 0.231 e. The topological polar surface area (TPSA) is 91.7 Å². The molecule has 0 saturated heterocycles. The van der Waals surface area contributed by atoms with Crippen LogP contribution in [0.15, 0.2) is 49.2 Å². The van der Waals surface area contributed by atoms with E-state index in [0.717, 1.165) is 46.5 Å². The zero-order valence-electron chi connectivity index (χ0n) is 18.5. The Morgan fingerprint density at radius 1 is 1.15 bits per heavy atom. The lowest BCUT2D eigenvalue weighted by atomic mass is 9.95. The minimum atomic E-state index is -0.720. The molecule has 2 aliphatic heterocycles. The third-order valence-electron chi connectivity index (χ3n) is 6.10. The van der Waals surface area contributed by atoms with Crippen LogP contribution < -0.4 is 40.5 Å². The Kier molecular flexibility index (Phi) is 6.01. The number of aliphatic hydroxyl groups excluding tert-OH is 1. The molecule has 0 amide bonds. The number of methoxy groups -OCH3 is 1. The van der Waals surface area contributed by atoms with Crippen LogP contribution in [0.5, 0.6) is 23.0 Å². The molecule has 176 valence electrons. The van der Waals surface area contributed by atoms with Gasteiger partial charge in [0, 0.05) is 12.5 Å². The van der Waals surface area contributed by atoms with Crippen molar-refractivity contribution in [3.63, 3.8) is 0 Å². The van der Waals surface area contributed by atoms with Crippen LogP contribution in [0.4, 0.5) is 0 Å². The standard InChI is InChI=1S/C24H23N4O5.BrH/c1-30-21-3-2-15-6-20-18-8-23-22(32-14-33-23)7-16(18)4-5-28(20)10-19(15)24(21)31-11-17(29)9-27-12-25-26-13-27;/h2-3,6-8,10,12-13,17,29H,4-5,9,11,14H2,1H3;1H/q+1;/p-1. The van der Waals surface area contributed by atoms with Crippen molar-refractivity contribution in [1.29, 1.82) is 0 Å². The molecule has 0 bridgehead atoms. The molecule has 0 aliphatic carbocycles. The summed E-state index contributed by atoms with van der Waals surface area (Å²) >= 11 is 0. The average Bonchev–Trinajstić information content (AvgIpc) is 3.51. The maximum Gasteiger partial charge on any atom is 0.231 e. The van der Waals surface area contributed by atoms with E-state index in [4.69, 9.17) is 18.9 Å². The summed E-state index contributed by atoms with van der Waals surface area (Å²) in [7, 11) is 1.62. The summed E-state index contributed by atoms with van der Waals surface area (Å²) < 4.78 is 26.8. The van der Waals surface area contributed by atoms with Gasteiger partial charge in [-0.2, -0.15) is 4.57 Å². The van der Waals surface area contributed by atoms with Crippen LogP contribution >= 0.6 is 0 Å². The van der Waals surface area contributed by atoms with E-state index in [1.807, 2.05) is 12.1 Å². The molecule has 1 atom stereocenters. The van der Waals surface area contributed by atoms with Crippen molar-refractivity contribution in [3.8, 4) is 34.3 Å². The molecule has 10 heteroatoms. The maximum absolute atomic E-state index is 10.4. The summed E-state index contributed by atoms with van der Waals surface area (Å²) in [5.41, 5.74) is 3.52. The number of aliphatic hydroxyl groups is 1. The number of hydrogen-bond acceptors (Lipinski definition) is 7. The van der Waals surface area contributed by atoms with Crippen molar-refractivity contribution in [2.45, 2.75) is 25.6 Å². The van der Waals surface area contributed by atoms with Gasteiger partial charge >= 0.3 is 0 Å². The number of aromatic nitrogens is 4. The van der Waals surface area contributed by atoms with Gasteiger partial charge in [0.2, 0.25) is 12.5 Å². The van der Waals surface area contributed by atoms with Crippen molar-refractivity contribution < 1.29 is 45.6 Å². The second-order valence-corrected chi connectivity index (χ2v) is 8.19. The molecule has 0 fully saturated rings. The lowest BCUT2D eigenvalue weighted by Gasteiger charge is -2.19. The number of pyridine rings is 1. The van der Waals surface area contributed by atoms with Crippen LogP contribution in [0, 0.1) is 0 Å². The molecule has 0 radical (unpaired) electrons. The van der Waals surface area contributed by atoms with Crippen molar-refractivity contribution in [3.05, 3.63) is 54.7 Å².